The monoisotopic (exact) mass is 370 g/mol. The van der Waals surface area contributed by atoms with Gasteiger partial charge in [-0.05, 0) is 24.6 Å². The van der Waals surface area contributed by atoms with Gasteiger partial charge in [0.25, 0.3) is 0 Å². The molecule has 3 rings (SSSR count). The van der Waals surface area contributed by atoms with Crippen LogP contribution in [0.5, 0.6) is 0 Å². The predicted octanol–water partition coefficient (Wildman–Crippen LogP) is 6.49. The van der Waals surface area contributed by atoms with Gasteiger partial charge >= 0.3 is 0 Å². The first-order valence-corrected chi connectivity index (χ1v) is 8.81. The van der Waals surface area contributed by atoms with Crippen molar-refractivity contribution in [2.75, 3.05) is 0 Å². The number of halogens is 2. The van der Waals surface area contributed by atoms with Gasteiger partial charge in [0.1, 0.15) is 11.1 Å². The number of hydrogen-bond donors (Lipinski definition) is 0. The molecule has 0 aliphatic heterocycles. The van der Waals surface area contributed by atoms with Crippen LogP contribution in [0.1, 0.15) is 16.1 Å². The summed E-state index contributed by atoms with van der Waals surface area (Å²) >= 11 is 13.7. The molecule has 3 aromatic rings. The Hall–Kier alpha value is -2.12. The van der Waals surface area contributed by atoms with Crippen LogP contribution in [-0.4, -0.2) is 4.98 Å². The first-order valence-electron chi connectivity index (χ1n) is 7.17. The molecule has 0 fully saturated rings. The molecule has 2 aromatic carbocycles. The number of rotatable bonds is 3. The lowest BCUT2D eigenvalue weighted by atomic mass is 10.1. The molecule has 0 amide bonds. The maximum Gasteiger partial charge on any atom is 0.134 e. The lowest BCUT2D eigenvalue weighted by Gasteiger charge is -2.01. The van der Waals surface area contributed by atoms with Crippen LogP contribution in [0.4, 0.5) is 0 Å². The Morgan fingerprint density at radius 1 is 1.17 bits per heavy atom. The van der Waals surface area contributed by atoms with Crippen molar-refractivity contribution in [2.24, 2.45) is 0 Å². The molecule has 0 saturated carbocycles. The number of nitriles is 1. The highest BCUT2D eigenvalue weighted by Crippen LogP contribution is 2.31. The fraction of sp³-hybridized carbons (Fsp3) is 0.0526. The summed E-state index contributed by atoms with van der Waals surface area (Å²) < 4.78 is 0. The van der Waals surface area contributed by atoms with Gasteiger partial charge in [0, 0.05) is 10.9 Å². The molecule has 1 heterocycles. The predicted molar refractivity (Wildman–Crippen MR) is 102 cm³/mol. The van der Waals surface area contributed by atoms with E-state index in [1.165, 1.54) is 16.9 Å². The molecule has 1 aromatic heterocycles. The maximum atomic E-state index is 9.49. The summed E-state index contributed by atoms with van der Waals surface area (Å²) in [5.41, 5.74) is 4.24. The molecule has 0 aliphatic rings. The minimum atomic E-state index is 0.433. The molecule has 0 radical (unpaired) electrons. The number of nitrogens with zero attached hydrogens (tertiary/aromatic N) is 2. The second kappa shape index (κ2) is 7.19. The van der Waals surface area contributed by atoms with Crippen molar-refractivity contribution in [3.8, 4) is 17.3 Å². The van der Waals surface area contributed by atoms with E-state index >= 15 is 0 Å². The Balaban J connectivity index is 1.98. The van der Waals surface area contributed by atoms with Gasteiger partial charge in [-0.15, -0.1) is 11.3 Å². The standard InChI is InChI=1S/C19H12Cl2N2S/c1-12-5-7-13(8-6-12)17-11-24-19(23-17)15(10-22)9-14-3-2-4-16(20)18(14)21/h2-9,11H,1H3/b15-9-. The highest BCUT2D eigenvalue weighted by atomic mass is 35.5. The highest BCUT2D eigenvalue weighted by molar-refractivity contribution is 7.11. The molecule has 118 valence electrons. The largest absolute Gasteiger partial charge is 0.235 e. The van der Waals surface area contributed by atoms with Crippen LogP contribution in [0.15, 0.2) is 47.8 Å². The normalized spacial score (nSPS) is 11.3. The molecule has 0 bridgehead atoms. The quantitative estimate of drug-likeness (QED) is 0.494. The fourth-order valence-electron chi connectivity index (χ4n) is 2.18. The number of benzene rings is 2. The summed E-state index contributed by atoms with van der Waals surface area (Å²) in [5, 5.41) is 13.0. The summed E-state index contributed by atoms with van der Waals surface area (Å²) in [7, 11) is 0. The zero-order valence-corrected chi connectivity index (χ0v) is 15.1. The van der Waals surface area contributed by atoms with Crippen LogP contribution < -0.4 is 0 Å². The molecule has 0 spiro atoms. The van der Waals surface area contributed by atoms with Crippen molar-refractivity contribution < 1.29 is 0 Å². The average Bonchev–Trinajstić information content (AvgIpc) is 3.06. The lowest BCUT2D eigenvalue weighted by Crippen LogP contribution is -1.84. The van der Waals surface area contributed by atoms with E-state index in [1.807, 2.05) is 42.6 Å². The first kappa shape index (κ1) is 16.7. The third kappa shape index (κ3) is 3.52. The van der Waals surface area contributed by atoms with Crippen molar-refractivity contribution >= 4 is 46.2 Å². The minimum absolute atomic E-state index is 0.433. The SMILES string of the molecule is Cc1ccc(-c2csc(/C(C#N)=C\c3cccc(Cl)c3Cl)n2)cc1. The van der Waals surface area contributed by atoms with E-state index < -0.39 is 0 Å². The van der Waals surface area contributed by atoms with E-state index in [9.17, 15) is 5.26 Å². The first-order chi connectivity index (χ1) is 11.6. The zero-order chi connectivity index (χ0) is 17.1. The summed E-state index contributed by atoms with van der Waals surface area (Å²) in [6, 6.07) is 15.7. The number of thiazole rings is 1. The molecule has 2 nitrogen and oxygen atoms in total. The Labute approximate surface area is 154 Å². The molecule has 0 saturated heterocycles. The Morgan fingerprint density at radius 2 is 1.92 bits per heavy atom. The van der Waals surface area contributed by atoms with Crippen molar-refractivity contribution in [3.63, 3.8) is 0 Å². The molecule has 0 unspecified atom stereocenters. The maximum absolute atomic E-state index is 9.49. The van der Waals surface area contributed by atoms with Crippen LogP contribution >= 0.6 is 34.5 Å². The lowest BCUT2D eigenvalue weighted by molar-refractivity contribution is 1.36. The Bertz CT molecular complexity index is 950. The van der Waals surface area contributed by atoms with Gasteiger partial charge in [-0.1, -0.05) is 65.2 Å². The fourth-order valence-corrected chi connectivity index (χ4v) is 3.34. The number of hydrogen-bond acceptors (Lipinski definition) is 3. The van der Waals surface area contributed by atoms with Crippen LogP contribution in [0.25, 0.3) is 22.9 Å². The number of aryl methyl sites for hydroxylation is 1. The van der Waals surface area contributed by atoms with E-state index in [0.717, 1.165) is 11.3 Å². The summed E-state index contributed by atoms with van der Waals surface area (Å²) in [5.74, 6) is 0. The van der Waals surface area contributed by atoms with Gasteiger partial charge in [-0.25, -0.2) is 4.98 Å². The Kier molecular flexibility index (Phi) is 5.01. The number of aromatic nitrogens is 1. The molecule has 0 N–H and O–H groups in total. The van der Waals surface area contributed by atoms with Crippen LogP contribution in [0.3, 0.4) is 0 Å². The van der Waals surface area contributed by atoms with Crippen molar-refractivity contribution in [3.05, 3.63) is 74.0 Å². The van der Waals surface area contributed by atoms with E-state index in [0.29, 0.717) is 26.2 Å². The smallest absolute Gasteiger partial charge is 0.134 e. The minimum Gasteiger partial charge on any atom is -0.235 e. The van der Waals surface area contributed by atoms with E-state index in [4.69, 9.17) is 23.2 Å². The van der Waals surface area contributed by atoms with Gasteiger partial charge in [0.05, 0.1) is 21.3 Å². The van der Waals surface area contributed by atoms with Crippen LogP contribution in [0.2, 0.25) is 10.0 Å². The van der Waals surface area contributed by atoms with Gasteiger partial charge < -0.3 is 0 Å². The summed E-state index contributed by atoms with van der Waals surface area (Å²) in [4.78, 5) is 4.58. The molecule has 24 heavy (non-hydrogen) atoms. The van der Waals surface area contributed by atoms with Crippen molar-refractivity contribution in [2.45, 2.75) is 6.92 Å². The van der Waals surface area contributed by atoms with Crippen LogP contribution in [-0.2, 0) is 0 Å². The molecular weight excluding hydrogens is 359 g/mol. The van der Waals surface area contributed by atoms with Crippen molar-refractivity contribution in [1.82, 2.24) is 4.98 Å². The topological polar surface area (TPSA) is 36.7 Å². The summed E-state index contributed by atoms with van der Waals surface area (Å²) in [6.45, 7) is 2.04. The van der Waals surface area contributed by atoms with Gasteiger partial charge in [-0.3, -0.25) is 0 Å². The summed E-state index contributed by atoms with van der Waals surface area (Å²) in [6.07, 6.45) is 1.71. The van der Waals surface area contributed by atoms with Crippen molar-refractivity contribution in [1.29, 1.82) is 5.26 Å². The van der Waals surface area contributed by atoms with Gasteiger partial charge in [0.2, 0.25) is 0 Å². The molecule has 0 aliphatic carbocycles. The van der Waals surface area contributed by atoms with Gasteiger partial charge in [-0.2, -0.15) is 5.26 Å². The van der Waals surface area contributed by atoms with E-state index in [2.05, 4.69) is 11.1 Å². The average molecular weight is 371 g/mol. The molecular formula is C19H12Cl2N2S. The van der Waals surface area contributed by atoms with E-state index in [-0.39, 0.29) is 0 Å². The zero-order valence-electron chi connectivity index (χ0n) is 12.8. The Morgan fingerprint density at radius 3 is 2.62 bits per heavy atom. The highest BCUT2D eigenvalue weighted by Gasteiger charge is 2.10. The van der Waals surface area contributed by atoms with Gasteiger partial charge in [0.15, 0.2) is 0 Å². The second-order valence-corrected chi connectivity index (χ2v) is 6.86. The third-order valence-corrected chi connectivity index (χ3v) is 5.19. The second-order valence-electron chi connectivity index (χ2n) is 5.22. The molecule has 0 atom stereocenters. The number of allylic oxidation sites excluding steroid dienone is 1. The van der Waals surface area contributed by atoms with Crippen LogP contribution in [0, 0.1) is 18.3 Å². The molecule has 5 heteroatoms. The van der Waals surface area contributed by atoms with E-state index in [1.54, 1.807) is 18.2 Å². The third-order valence-electron chi connectivity index (χ3n) is 3.48.